The summed E-state index contributed by atoms with van der Waals surface area (Å²) >= 11 is 0. The van der Waals surface area contributed by atoms with Crippen LogP contribution in [0.5, 0.6) is 6.01 Å². The molecule has 0 atom stereocenters. The van der Waals surface area contributed by atoms with Crippen LogP contribution in [0.2, 0.25) is 0 Å². The number of benzene rings is 2. The minimum absolute atomic E-state index is 0.0191. The topological polar surface area (TPSA) is 131 Å². The van der Waals surface area contributed by atoms with Gasteiger partial charge in [-0.05, 0) is 49.6 Å². The van der Waals surface area contributed by atoms with E-state index in [0.717, 1.165) is 24.0 Å². The molecule has 2 aliphatic rings. The third-order valence-corrected chi connectivity index (χ3v) is 6.19. The lowest BCUT2D eigenvalue weighted by Gasteiger charge is -2.19. The number of nitrogens with zero attached hydrogens (tertiary/aromatic N) is 5. The molecule has 0 saturated heterocycles. The highest BCUT2D eigenvalue weighted by atomic mass is 19.4. The molecule has 2 heterocycles. The van der Waals surface area contributed by atoms with Gasteiger partial charge in [-0.25, -0.2) is 0 Å². The quantitative estimate of drug-likeness (QED) is 0.405. The van der Waals surface area contributed by atoms with Crippen molar-refractivity contribution in [1.82, 2.24) is 19.9 Å². The van der Waals surface area contributed by atoms with Crippen molar-refractivity contribution in [3.8, 4) is 6.01 Å². The highest BCUT2D eigenvalue weighted by Gasteiger charge is 2.45. The van der Waals surface area contributed by atoms with E-state index in [1.165, 1.54) is 4.90 Å². The summed E-state index contributed by atoms with van der Waals surface area (Å²) in [6.07, 6.45) is -2.94. The van der Waals surface area contributed by atoms with Crippen LogP contribution in [0.4, 0.5) is 30.8 Å². The van der Waals surface area contributed by atoms with Crippen LogP contribution >= 0.6 is 0 Å². The van der Waals surface area contributed by atoms with Gasteiger partial charge in [0.2, 0.25) is 11.9 Å². The van der Waals surface area contributed by atoms with Crippen LogP contribution in [-0.4, -0.2) is 57.6 Å². The highest BCUT2D eigenvalue weighted by molar-refractivity contribution is 6.06. The van der Waals surface area contributed by atoms with E-state index in [2.05, 4.69) is 30.6 Å². The molecule has 1 amide bonds. The number of carbonyl (C=O) groups is 1. The molecular weight excluding hydrogens is 501 g/mol. The number of nitrogens with one attached hydrogen (secondary N) is 2. The van der Waals surface area contributed by atoms with Crippen LogP contribution < -0.4 is 21.1 Å². The standard InChI is InChI=1S/C25H25F3N8O2/c1-15-2-6-17(7-3-15)24(10-11-24)35-22-32-21(33-23(34-22)38-14-25(26,27)28)31-18-8-4-16(5-9-18)19(37)36-13-12-30-20(36)29/h2-9H,10-14H2,1H3,(H2,29,30)(H2,31,32,33,34,35). The molecule has 3 aromatic rings. The number of aryl methyl sites for hydroxylation is 1. The first-order valence-corrected chi connectivity index (χ1v) is 11.9. The fourth-order valence-electron chi connectivity index (χ4n) is 4.03. The van der Waals surface area contributed by atoms with E-state index in [-0.39, 0.29) is 23.8 Å². The number of halogens is 3. The number of carbonyl (C=O) groups excluding carboxylic acids is 1. The Kier molecular flexibility index (Phi) is 6.51. The van der Waals surface area contributed by atoms with Crippen molar-refractivity contribution in [3.05, 3.63) is 65.2 Å². The maximum Gasteiger partial charge on any atom is 0.422 e. The lowest BCUT2D eigenvalue weighted by molar-refractivity contribution is -0.154. The molecule has 0 bridgehead atoms. The molecule has 0 radical (unpaired) electrons. The van der Waals surface area contributed by atoms with Gasteiger partial charge in [-0.2, -0.15) is 28.1 Å². The third-order valence-electron chi connectivity index (χ3n) is 6.19. The van der Waals surface area contributed by atoms with Gasteiger partial charge in [0, 0.05) is 17.8 Å². The number of anilines is 3. The Balaban J connectivity index is 1.36. The molecular formula is C25H25F3N8O2. The molecule has 2 aromatic carbocycles. The molecule has 1 aliphatic carbocycles. The number of amides is 1. The molecule has 0 unspecified atom stereocenters. The second-order valence-electron chi connectivity index (χ2n) is 9.14. The molecule has 5 rings (SSSR count). The fraction of sp³-hybridized carbons (Fsp3) is 0.320. The smallest absolute Gasteiger partial charge is 0.422 e. The van der Waals surface area contributed by atoms with Gasteiger partial charge in [0.25, 0.3) is 5.91 Å². The minimum Gasteiger partial charge on any atom is -0.454 e. The van der Waals surface area contributed by atoms with Crippen molar-refractivity contribution < 1.29 is 22.7 Å². The van der Waals surface area contributed by atoms with Crippen molar-refractivity contribution in [2.75, 3.05) is 30.3 Å². The first kappa shape index (κ1) is 25.2. The lowest BCUT2D eigenvalue weighted by atomic mass is 10.0. The lowest BCUT2D eigenvalue weighted by Crippen LogP contribution is -2.38. The summed E-state index contributed by atoms with van der Waals surface area (Å²) in [4.78, 5) is 30.5. The summed E-state index contributed by atoms with van der Waals surface area (Å²) in [5, 5.41) is 6.19. The molecule has 10 nitrogen and oxygen atoms in total. The van der Waals surface area contributed by atoms with Gasteiger partial charge in [-0.1, -0.05) is 29.8 Å². The Bertz CT molecular complexity index is 1360. The summed E-state index contributed by atoms with van der Waals surface area (Å²) in [6, 6.07) is 13.9. The van der Waals surface area contributed by atoms with Gasteiger partial charge in [-0.15, -0.1) is 0 Å². The zero-order valence-electron chi connectivity index (χ0n) is 20.4. The zero-order valence-corrected chi connectivity index (χ0v) is 20.4. The van der Waals surface area contributed by atoms with Gasteiger partial charge < -0.3 is 21.1 Å². The third kappa shape index (κ3) is 5.76. The van der Waals surface area contributed by atoms with Crippen molar-refractivity contribution in [1.29, 1.82) is 0 Å². The van der Waals surface area contributed by atoms with Gasteiger partial charge in [0.05, 0.1) is 12.1 Å². The first-order valence-electron chi connectivity index (χ1n) is 11.9. The molecule has 1 aromatic heterocycles. The average Bonchev–Trinajstić information content (AvgIpc) is 3.53. The van der Waals surface area contributed by atoms with Gasteiger partial charge in [0.1, 0.15) is 0 Å². The van der Waals surface area contributed by atoms with Crippen LogP contribution in [0, 0.1) is 6.92 Å². The summed E-state index contributed by atoms with van der Waals surface area (Å²) in [5.41, 5.74) is 8.38. The number of aliphatic imine (C=N–C) groups is 1. The summed E-state index contributed by atoms with van der Waals surface area (Å²) in [5.74, 6) is -0.0498. The summed E-state index contributed by atoms with van der Waals surface area (Å²) in [7, 11) is 0. The van der Waals surface area contributed by atoms with Crippen molar-refractivity contribution >= 4 is 29.5 Å². The minimum atomic E-state index is -4.56. The highest BCUT2D eigenvalue weighted by Crippen LogP contribution is 2.48. The van der Waals surface area contributed by atoms with Crippen molar-refractivity contribution in [2.24, 2.45) is 10.7 Å². The SMILES string of the molecule is Cc1ccc(C2(Nc3nc(Nc4ccc(C(=O)N5CCN=C5N)cc4)nc(OCC(F)(F)F)n3)CC2)cc1. The molecule has 1 aliphatic heterocycles. The number of aromatic nitrogens is 3. The normalized spacial score (nSPS) is 16.1. The van der Waals surface area contributed by atoms with Crippen LogP contribution in [-0.2, 0) is 5.54 Å². The van der Waals surface area contributed by atoms with E-state index < -0.39 is 24.3 Å². The van der Waals surface area contributed by atoms with E-state index in [0.29, 0.717) is 24.3 Å². The van der Waals surface area contributed by atoms with Crippen molar-refractivity contribution in [2.45, 2.75) is 31.5 Å². The number of hydrogen-bond donors (Lipinski definition) is 3. The Hall–Kier alpha value is -4.42. The Morgan fingerprint density at radius 3 is 2.34 bits per heavy atom. The number of nitrogens with two attached hydrogens (primary N) is 1. The number of rotatable bonds is 8. The van der Waals surface area contributed by atoms with Crippen LogP contribution in [0.15, 0.2) is 53.5 Å². The van der Waals surface area contributed by atoms with Gasteiger partial charge >= 0.3 is 12.2 Å². The monoisotopic (exact) mass is 526 g/mol. The van der Waals surface area contributed by atoms with Crippen LogP contribution in [0.25, 0.3) is 0 Å². The van der Waals surface area contributed by atoms with Gasteiger partial charge in [0.15, 0.2) is 12.6 Å². The number of hydrogen-bond acceptors (Lipinski definition) is 9. The predicted octanol–water partition coefficient (Wildman–Crippen LogP) is 3.74. The number of ether oxygens (including phenoxy) is 1. The molecule has 4 N–H and O–H groups in total. The van der Waals surface area contributed by atoms with E-state index in [1.54, 1.807) is 24.3 Å². The predicted molar refractivity (Wildman–Crippen MR) is 134 cm³/mol. The molecule has 38 heavy (non-hydrogen) atoms. The fourth-order valence-corrected chi connectivity index (χ4v) is 4.03. The van der Waals surface area contributed by atoms with E-state index in [9.17, 15) is 18.0 Å². The second-order valence-corrected chi connectivity index (χ2v) is 9.14. The van der Waals surface area contributed by atoms with Crippen LogP contribution in [0.3, 0.4) is 0 Å². The number of alkyl halides is 3. The first-order chi connectivity index (χ1) is 18.1. The molecule has 1 saturated carbocycles. The Morgan fingerprint density at radius 1 is 1.05 bits per heavy atom. The largest absolute Gasteiger partial charge is 0.454 e. The molecule has 198 valence electrons. The Morgan fingerprint density at radius 2 is 1.74 bits per heavy atom. The van der Waals surface area contributed by atoms with Crippen molar-refractivity contribution in [3.63, 3.8) is 0 Å². The van der Waals surface area contributed by atoms with E-state index >= 15 is 0 Å². The second kappa shape index (κ2) is 9.80. The van der Waals surface area contributed by atoms with E-state index in [1.807, 2.05) is 31.2 Å². The molecule has 0 spiro atoms. The average molecular weight is 527 g/mol. The maximum absolute atomic E-state index is 12.8. The van der Waals surface area contributed by atoms with Crippen LogP contribution in [0.1, 0.15) is 34.3 Å². The zero-order chi connectivity index (χ0) is 26.9. The van der Waals surface area contributed by atoms with Gasteiger partial charge in [-0.3, -0.25) is 14.7 Å². The van der Waals surface area contributed by atoms with E-state index in [4.69, 9.17) is 10.5 Å². The Labute approximate surface area is 216 Å². The maximum atomic E-state index is 12.8. The number of guanidine groups is 1. The summed E-state index contributed by atoms with van der Waals surface area (Å²) < 4.78 is 43.2. The molecule has 13 heteroatoms. The summed E-state index contributed by atoms with van der Waals surface area (Å²) in [6.45, 7) is 1.31. The molecule has 1 fully saturated rings.